The molecule has 0 atom stereocenters. The van der Waals surface area contributed by atoms with E-state index in [1.165, 1.54) is 42.7 Å². The summed E-state index contributed by atoms with van der Waals surface area (Å²) in [4.78, 5) is 22.2. The number of hydrogen-bond acceptors (Lipinski definition) is 6. The van der Waals surface area contributed by atoms with Gasteiger partial charge in [-0.25, -0.2) is 0 Å². The van der Waals surface area contributed by atoms with Gasteiger partial charge < -0.3 is 5.32 Å². The van der Waals surface area contributed by atoms with E-state index in [0.29, 0.717) is 11.0 Å². The summed E-state index contributed by atoms with van der Waals surface area (Å²) >= 11 is 1.44. The molecule has 0 radical (unpaired) electrons. The van der Waals surface area contributed by atoms with Crippen molar-refractivity contribution in [3.8, 4) is 0 Å². The Bertz CT molecular complexity index is 723. The van der Waals surface area contributed by atoms with Gasteiger partial charge in [-0.2, -0.15) is 0 Å². The summed E-state index contributed by atoms with van der Waals surface area (Å²) in [6.45, 7) is 0. The molecule has 3 rings (SSSR count). The van der Waals surface area contributed by atoms with Gasteiger partial charge in [0.05, 0.1) is 11.3 Å². The second-order valence-electron chi connectivity index (χ2n) is 5.93. The second-order valence-corrected chi connectivity index (χ2v) is 6.94. The van der Waals surface area contributed by atoms with Gasteiger partial charge in [0, 0.05) is 18.1 Å². The molecule has 1 aliphatic rings. The van der Waals surface area contributed by atoms with Crippen LogP contribution in [0.25, 0.3) is 0 Å². The maximum atomic E-state index is 12.1. The van der Waals surface area contributed by atoms with Gasteiger partial charge in [-0.3, -0.25) is 14.9 Å². The van der Waals surface area contributed by atoms with Crippen molar-refractivity contribution in [2.75, 3.05) is 5.32 Å². The van der Waals surface area contributed by atoms with E-state index in [9.17, 15) is 14.9 Å². The van der Waals surface area contributed by atoms with E-state index in [0.717, 1.165) is 23.4 Å². The topological polar surface area (TPSA) is 98.0 Å². The summed E-state index contributed by atoms with van der Waals surface area (Å²) in [5.74, 6) is 0.270. The fraction of sp³-hybridized carbons (Fsp3) is 0.438. The third-order valence-corrected chi connectivity index (χ3v) is 5.15. The fourth-order valence-electron chi connectivity index (χ4n) is 2.88. The molecule has 1 N–H and O–H groups in total. The molecule has 1 saturated carbocycles. The Morgan fingerprint density at radius 2 is 1.92 bits per heavy atom. The third kappa shape index (κ3) is 4.14. The molecule has 0 spiro atoms. The summed E-state index contributed by atoms with van der Waals surface area (Å²) in [7, 11) is 0. The van der Waals surface area contributed by atoms with Crippen molar-refractivity contribution in [1.29, 1.82) is 0 Å². The van der Waals surface area contributed by atoms with Crippen LogP contribution in [0.15, 0.2) is 24.3 Å². The normalized spacial score (nSPS) is 15.2. The van der Waals surface area contributed by atoms with E-state index in [1.54, 1.807) is 12.1 Å². The highest BCUT2D eigenvalue weighted by molar-refractivity contribution is 7.15. The van der Waals surface area contributed by atoms with E-state index >= 15 is 0 Å². The van der Waals surface area contributed by atoms with Crippen LogP contribution < -0.4 is 5.32 Å². The Kier molecular flexibility index (Phi) is 5.14. The maximum absolute atomic E-state index is 12.1. The molecule has 24 heavy (non-hydrogen) atoms. The number of carbonyl (C=O) groups excluding carboxylic acids is 1. The zero-order chi connectivity index (χ0) is 16.9. The number of nitrogens with zero attached hydrogens (tertiary/aromatic N) is 3. The number of benzene rings is 1. The molecule has 0 saturated heterocycles. The monoisotopic (exact) mass is 346 g/mol. The van der Waals surface area contributed by atoms with E-state index in [2.05, 4.69) is 15.5 Å². The smallest absolute Gasteiger partial charge is 0.269 e. The van der Waals surface area contributed by atoms with E-state index < -0.39 is 4.92 Å². The molecule has 0 unspecified atom stereocenters. The first-order valence-corrected chi connectivity index (χ1v) is 8.80. The molecule has 1 heterocycles. The van der Waals surface area contributed by atoms with Crippen LogP contribution >= 0.6 is 11.3 Å². The van der Waals surface area contributed by atoms with Crippen LogP contribution in [0.1, 0.15) is 48.6 Å². The van der Waals surface area contributed by atoms with Crippen LogP contribution in [-0.4, -0.2) is 21.0 Å². The highest BCUT2D eigenvalue weighted by Gasteiger charge is 2.20. The van der Waals surface area contributed by atoms with Crippen LogP contribution in [-0.2, 0) is 11.2 Å². The van der Waals surface area contributed by atoms with E-state index in [1.807, 2.05) is 0 Å². The Labute approximate surface area is 143 Å². The summed E-state index contributed by atoms with van der Waals surface area (Å²) < 4.78 is 0. The first kappa shape index (κ1) is 16.5. The molecule has 1 fully saturated rings. The number of aromatic nitrogens is 2. The molecule has 2 aromatic rings. The predicted molar refractivity (Wildman–Crippen MR) is 91.2 cm³/mol. The van der Waals surface area contributed by atoms with Gasteiger partial charge >= 0.3 is 0 Å². The van der Waals surface area contributed by atoms with Crippen LogP contribution in [0.3, 0.4) is 0 Å². The standard InChI is InChI=1S/C16H18N4O3S/c21-14(10-11-6-8-13(9-7-11)20(22)23)17-16-19-18-15(24-16)12-4-2-1-3-5-12/h6-9,12H,1-5,10H2,(H,17,19,21). The van der Waals surface area contributed by atoms with Gasteiger partial charge in [0.1, 0.15) is 5.01 Å². The minimum absolute atomic E-state index is 0.0143. The Hall–Kier alpha value is -2.35. The number of nitro benzene ring substituents is 1. The SMILES string of the molecule is O=C(Cc1ccc([N+](=O)[O-])cc1)Nc1nnc(C2CCCCC2)s1. The minimum Gasteiger partial charge on any atom is -0.300 e. The van der Waals surface area contributed by atoms with Crippen molar-refractivity contribution in [3.63, 3.8) is 0 Å². The maximum Gasteiger partial charge on any atom is 0.269 e. The lowest BCUT2D eigenvalue weighted by atomic mass is 9.90. The summed E-state index contributed by atoms with van der Waals surface area (Å²) in [5.41, 5.74) is 0.732. The molecule has 1 aliphatic carbocycles. The quantitative estimate of drug-likeness (QED) is 0.658. The molecule has 1 aromatic heterocycles. The lowest BCUT2D eigenvalue weighted by molar-refractivity contribution is -0.384. The average molecular weight is 346 g/mol. The summed E-state index contributed by atoms with van der Waals surface area (Å²) in [5, 5.41) is 23.2. The summed E-state index contributed by atoms with van der Waals surface area (Å²) in [6.07, 6.45) is 6.18. The average Bonchev–Trinajstić information content (AvgIpc) is 3.04. The highest BCUT2D eigenvalue weighted by atomic mass is 32.1. The number of hydrogen-bond donors (Lipinski definition) is 1. The third-order valence-electron chi connectivity index (χ3n) is 4.15. The second kappa shape index (κ2) is 7.48. The molecule has 126 valence electrons. The zero-order valence-electron chi connectivity index (χ0n) is 13.1. The molecule has 7 nitrogen and oxygen atoms in total. The molecule has 1 aromatic carbocycles. The number of nitro groups is 1. The number of carbonyl (C=O) groups is 1. The van der Waals surface area contributed by atoms with Gasteiger partial charge in [-0.15, -0.1) is 10.2 Å². The van der Waals surface area contributed by atoms with Crippen molar-refractivity contribution in [2.24, 2.45) is 0 Å². The van der Waals surface area contributed by atoms with Gasteiger partial charge in [0.25, 0.3) is 5.69 Å². The van der Waals surface area contributed by atoms with Crippen LogP contribution in [0, 0.1) is 10.1 Å². The molecule has 8 heteroatoms. The van der Waals surface area contributed by atoms with Crippen molar-refractivity contribution in [1.82, 2.24) is 10.2 Å². The number of non-ortho nitro benzene ring substituents is 1. The van der Waals surface area contributed by atoms with Crippen LogP contribution in [0.4, 0.5) is 10.8 Å². The van der Waals surface area contributed by atoms with E-state index in [-0.39, 0.29) is 18.0 Å². The molecule has 1 amide bonds. The van der Waals surface area contributed by atoms with Crippen molar-refractivity contribution >= 4 is 28.1 Å². The first-order chi connectivity index (χ1) is 11.6. The lowest BCUT2D eigenvalue weighted by Gasteiger charge is -2.18. The zero-order valence-corrected chi connectivity index (χ0v) is 13.9. The van der Waals surface area contributed by atoms with Crippen molar-refractivity contribution < 1.29 is 9.72 Å². The summed E-state index contributed by atoms with van der Waals surface area (Å²) in [6, 6.07) is 5.97. The largest absolute Gasteiger partial charge is 0.300 e. The Morgan fingerprint density at radius 3 is 2.58 bits per heavy atom. The van der Waals surface area contributed by atoms with Gasteiger partial charge in [-0.05, 0) is 18.4 Å². The first-order valence-electron chi connectivity index (χ1n) is 7.98. The van der Waals surface area contributed by atoms with Crippen LogP contribution in [0.2, 0.25) is 0 Å². The van der Waals surface area contributed by atoms with Gasteiger partial charge in [0.2, 0.25) is 11.0 Å². The molecular formula is C16H18N4O3S. The fourth-order valence-corrected chi connectivity index (χ4v) is 3.81. The molecular weight excluding hydrogens is 328 g/mol. The van der Waals surface area contributed by atoms with Crippen molar-refractivity contribution in [2.45, 2.75) is 44.4 Å². The number of anilines is 1. The van der Waals surface area contributed by atoms with Crippen LogP contribution in [0.5, 0.6) is 0 Å². The highest BCUT2D eigenvalue weighted by Crippen LogP contribution is 2.35. The molecule has 0 bridgehead atoms. The number of nitrogens with one attached hydrogen (secondary N) is 1. The van der Waals surface area contributed by atoms with Gasteiger partial charge in [0.15, 0.2) is 0 Å². The Morgan fingerprint density at radius 1 is 1.21 bits per heavy atom. The van der Waals surface area contributed by atoms with Crippen molar-refractivity contribution in [3.05, 3.63) is 45.0 Å². The molecule has 0 aliphatic heterocycles. The number of amides is 1. The lowest BCUT2D eigenvalue weighted by Crippen LogP contribution is -2.14. The Balaban J connectivity index is 1.56. The predicted octanol–water partition coefficient (Wildman–Crippen LogP) is 3.68. The van der Waals surface area contributed by atoms with E-state index in [4.69, 9.17) is 0 Å². The van der Waals surface area contributed by atoms with Gasteiger partial charge in [-0.1, -0.05) is 42.7 Å². The number of rotatable bonds is 5. The minimum atomic E-state index is -0.460.